The second-order valence-electron chi connectivity index (χ2n) is 3.43. The minimum absolute atomic E-state index is 0.245. The molecule has 21 heavy (non-hydrogen) atoms. The topological polar surface area (TPSA) is 170 Å². The third-order valence-corrected chi connectivity index (χ3v) is 2.23. The lowest BCUT2D eigenvalue weighted by molar-refractivity contribution is -0.393. The molecule has 0 saturated carbocycles. The molecule has 0 amide bonds. The molecule has 0 heterocycles. The fraction of sp³-hybridized carbons (Fsp3) is 0. The number of benzene rings is 1. The first-order chi connectivity index (χ1) is 9.94. The number of nitrogens with zero attached hydrogens (tertiary/aromatic N) is 5. The lowest BCUT2D eigenvalue weighted by Crippen LogP contribution is -2.04. The third kappa shape index (κ3) is 3.28. The zero-order valence-corrected chi connectivity index (χ0v) is 10.1. The summed E-state index contributed by atoms with van der Waals surface area (Å²) in [4.78, 5) is 19.8. The van der Waals surface area contributed by atoms with Crippen LogP contribution in [-0.4, -0.2) is 9.85 Å². The second kappa shape index (κ2) is 6.27. The van der Waals surface area contributed by atoms with E-state index in [1.165, 1.54) is 18.2 Å². The lowest BCUT2D eigenvalue weighted by Gasteiger charge is -2.05. The van der Waals surface area contributed by atoms with Crippen LogP contribution in [0.2, 0.25) is 0 Å². The van der Waals surface area contributed by atoms with E-state index in [-0.39, 0.29) is 5.69 Å². The molecule has 0 fully saturated rings. The molecule has 0 saturated heterocycles. The van der Waals surface area contributed by atoms with E-state index >= 15 is 0 Å². The Labute approximate surface area is 117 Å². The van der Waals surface area contributed by atoms with Gasteiger partial charge in [-0.15, -0.1) is 0 Å². The first-order valence-electron chi connectivity index (χ1n) is 5.09. The number of allylic oxidation sites excluding steroid dienone is 2. The van der Waals surface area contributed by atoms with Crippen molar-refractivity contribution in [2.75, 3.05) is 5.32 Å². The molecule has 0 aromatic heterocycles. The average Bonchev–Trinajstić information content (AvgIpc) is 2.47. The maximum absolute atomic E-state index is 10.9. The monoisotopic (exact) mass is 284 g/mol. The number of nitro benzene ring substituents is 2. The van der Waals surface area contributed by atoms with Crippen LogP contribution < -0.4 is 5.32 Å². The van der Waals surface area contributed by atoms with E-state index in [9.17, 15) is 20.2 Å². The van der Waals surface area contributed by atoms with Crippen molar-refractivity contribution in [2.24, 2.45) is 0 Å². The minimum atomic E-state index is -0.886. The van der Waals surface area contributed by atoms with E-state index in [0.717, 1.165) is 12.1 Å². The highest BCUT2D eigenvalue weighted by atomic mass is 16.6. The van der Waals surface area contributed by atoms with Crippen LogP contribution in [0, 0.1) is 54.2 Å². The van der Waals surface area contributed by atoms with Gasteiger partial charge in [0.05, 0.1) is 15.9 Å². The van der Waals surface area contributed by atoms with Gasteiger partial charge in [-0.05, 0) is 6.07 Å². The summed E-state index contributed by atoms with van der Waals surface area (Å²) < 4.78 is 0. The summed E-state index contributed by atoms with van der Waals surface area (Å²) in [5.41, 5.74) is -2.46. The molecule has 0 aliphatic rings. The van der Waals surface area contributed by atoms with Crippen LogP contribution in [0.25, 0.3) is 0 Å². The van der Waals surface area contributed by atoms with Crippen molar-refractivity contribution in [1.82, 2.24) is 0 Å². The van der Waals surface area contributed by atoms with Crippen molar-refractivity contribution in [2.45, 2.75) is 0 Å². The third-order valence-electron chi connectivity index (χ3n) is 2.23. The highest BCUT2D eigenvalue weighted by Crippen LogP contribution is 2.30. The van der Waals surface area contributed by atoms with E-state index in [1.807, 2.05) is 0 Å². The van der Waals surface area contributed by atoms with Crippen molar-refractivity contribution < 1.29 is 9.85 Å². The zero-order valence-electron chi connectivity index (χ0n) is 10.1. The molecule has 0 aliphatic carbocycles. The van der Waals surface area contributed by atoms with Gasteiger partial charge >= 0.3 is 0 Å². The smallest absolute Gasteiger partial charge is 0.299 e. The van der Waals surface area contributed by atoms with Gasteiger partial charge in [-0.25, -0.2) is 0 Å². The molecule has 1 aromatic rings. The van der Waals surface area contributed by atoms with Gasteiger partial charge in [0.25, 0.3) is 11.4 Å². The van der Waals surface area contributed by atoms with Crippen LogP contribution in [0.4, 0.5) is 17.1 Å². The van der Waals surface area contributed by atoms with Gasteiger partial charge in [0.2, 0.25) is 0 Å². The summed E-state index contributed by atoms with van der Waals surface area (Å²) in [5.74, 6) is 0. The molecular weight excluding hydrogens is 280 g/mol. The quantitative estimate of drug-likeness (QED) is 0.494. The summed E-state index contributed by atoms with van der Waals surface area (Å²) >= 11 is 0. The lowest BCUT2D eigenvalue weighted by atomic mass is 10.2. The van der Waals surface area contributed by atoms with Crippen LogP contribution in [0.1, 0.15) is 0 Å². The first kappa shape index (κ1) is 15.1. The Morgan fingerprint density at radius 1 is 1.05 bits per heavy atom. The van der Waals surface area contributed by atoms with Crippen molar-refractivity contribution in [3.63, 3.8) is 0 Å². The summed E-state index contributed by atoms with van der Waals surface area (Å²) in [6.45, 7) is 0. The van der Waals surface area contributed by atoms with E-state index in [0.29, 0.717) is 6.07 Å². The van der Waals surface area contributed by atoms with Crippen molar-refractivity contribution >= 4 is 17.1 Å². The number of nitro groups is 2. The number of nitriles is 3. The summed E-state index contributed by atoms with van der Waals surface area (Å²) in [5, 5.41) is 49.9. The molecule has 102 valence electrons. The largest absolute Gasteiger partial charge is 0.340 e. The maximum Gasteiger partial charge on any atom is 0.299 e. The number of hydrogen-bond acceptors (Lipinski definition) is 8. The first-order valence-corrected chi connectivity index (χ1v) is 5.09. The van der Waals surface area contributed by atoms with Gasteiger partial charge in [-0.3, -0.25) is 20.2 Å². The number of anilines is 1. The highest BCUT2D eigenvalue weighted by molar-refractivity contribution is 5.70. The normalized spacial score (nSPS) is 8.62. The van der Waals surface area contributed by atoms with E-state index in [1.54, 1.807) is 0 Å². The molecule has 0 bridgehead atoms. The summed E-state index contributed by atoms with van der Waals surface area (Å²) in [7, 11) is 0. The molecule has 1 N–H and O–H groups in total. The number of rotatable bonds is 4. The molecule has 1 aromatic carbocycles. The Balaban J connectivity index is 3.40. The molecule has 10 heteroatoms. The van der Waals surface area contributed by atoms with Gasteiger partial charge in [0, 0.05) is 6.07 Å². The minimum Gasteiger partial charge on any atom is -0.340 e. The van der Waals surface area contributed by atoms with Gasteiger partial charge in [0.15, 0.2) is 5.57 Å². The van der Waals surface area contributed by atoms with Crippen LogP contribution in [0.15, 0.2) is 29.5 Å². The van der Waals surface area contributed by atoms with E-state index in [4.69, 9.17) is 15.8 Å². The van der Waals surface area contributed by atoms with Crippen molar-refractivity contribution in [3.8, 4) is 18.2 Å². The van der Waals surface area contributed by atoms with Crippen LogP contribution in [-0.2, 0) is 0 Å². The Bertz CT molecular complexity index is 761. The Hall–Kier alpha value is -3.97. The molecule has 1 rings (SSSR count). The molecule has 0 unspecified atom stereocenters. The Morgan fingerprint density at radius 3 is 2.10 bits per heavy atom. The predicted molar refractivity (Wildman–Crippen MR) is 67.2 cm³/mol. The SMILES string of the molecule is N#CC(C#N)=C(C#N)Nc1ccc([N+](=O)[O-])cc1[N+](=O)[O-]. The number of non-ortho nitro benzene ring substituents is 1. The molecule has 0 aliphatic heterocycles. The standard InChI is InChI=1S/C11H4N6O4/c12-4-7(5-13)10(6-14)15-9-2-1-8(16(18)19)3-11(9)17(20)21/h1-3,15H. The van der Waals surface area contributed by atoms with E-state index < -0.39 is 32.5 Å². The van der Waals surface area contributed by atoms with Crippen LogP contribution in [0.3, 0.4) is 0 Å². The zero-order chi connectivity index (χ0) is 16.0. The average molecular weight is 284 g/mol. The van der Waals surface area contributed by atoms with Crippen LogP contribution >= 0.6 is 0 Å². The number of hydrogen-bond donors (Lipinski definition) is 1. The Kier molecular flexibility index (Phi) is 4.51. The number of nitrogens with one attached hydrogen (secondary N) is 1. The highest BCUT2D eigenvalue weighted by Gasteiger charge is 2.20. The van der Waals surface area contributed by atoms with Gasteiger partial charge in [-0.1, -0.05) is 0 Å². The predicted octanol–water partition coefficient (Wildman–Crippen LogP) is 1.74. The van der Waals surface area contributed by atoms with Crippen molar-refractivity contribution in [1.29, 1.82) is 15.8 Å². The molecule has 0 spiro atoms. The van der Waals surface area contributed by atoms with Crippen LogP contribution in [0.5, 0.6) is 0 Å². The maximum atomic E-state index is 10.9. The van der Waals surface area contributed by atoms with Gasteiger partial charge < -0.3 is 5.32 Å². The van der Waals surface area contributed by atoms with Crippen molar-refractivity contribution in [3.05, 3.63) is 49.7 Å². The molecule has 10 nitrogen and oxygen atoms in total. The molecule has 0 radical (unpaired) electrons. The Morgan fingerprint density at radius 2 is 1.67 bits per heavy atom. The van der Waals surface area contributed by atoms with Gasteiger partial charge in [-0.2, -0.15) is 15.8 Å². The second-order valence-corrected chi connectivity index (χ2v) is 3.43. The van der Waals surface area contributed by atoms with Gasteiger partial charge in [0.1, 0.15) is 29.6 Å². The fourth-order valence-electron chi connectivity index (χ4n) is 1.31. The summed E-state index contributed by atoms with van der Waals surface area (Å²) in [6, 6.07) is 7.14. The molecule has 0 atom stereocenters. The summed E-state index contributed by atoms with van der Waals surface area (Å²) in [6.07, 6.45) is 0. The fourth-order valence-corrected chi connectivity index (χ4v) is 1.31. The van der Waals surface area contributed by atoms with E-state index in [2.05, 4.69) is 5.32 Å². The molecular formula is C11H4N6O4.